The van der Waals surface area contributed by atoms with E-state index in [1.165, 1.54) is 6.07 Å². The van der Waals surface area contributed by atoms with Crippen LogP contribution in [0.2, 0.25) is 5.02 Å². The molecule has 0 heterocycles. The number of aliphatic hydroxyl groups excluding tert-OH is 1. The number of rotatable bonds is 2. The van der Waals surface area contributed by atoms with E-state index in [9.17, 15) is 9.50 Å². The highest BCUT2D eigenvalue weighted by Gasteiger charge is 2.18. The summed E-state index contributed by atoms with van der Waals surface area (Å²) in [5.74, 6) is -0.410. The molecule has 0 aliphatic heterocycles. The summed E-state index contributed by atoms with van der Waals surface area (Å²) < 4.78 is 14.0. The minimum absolute atomic E-state index is 0.280. The minimum Gasteiger partial charge on any atom is -0.384 e. The van der Waals surface area contributed by atoms with Gasteiger partial charge in [0.25, 0.3) is 0 Å². The lowest BCUT2D eigenvalue weighted by Gasteiger charge is -2.16. The van der Waals surface area contributed by atoms with E-state index in [2.05, 4.69) is 0 Å². The molecule has 0 spiro atoms. The second kappa shape index (κ2) is 5.47. The van der Waals surface area contributed by atoms with Crippen molar-refractivity contribution in [1.82, 2.24) is 0 Å². The van der Waals surface area contributed by atoms with Crippen molar-refractivity contribution >= 4 is 22.4 Å². The first kappa shape index (κ1) is 14.1. The Morgan fingerprint density at radius 1 is 0.952 bits per heavy atom. The van der Waals surface area contributed by atoms with Crippen molar-refractivity contribution < 1.29 is 9.50 Å². The van der Waals surface area contributed by atoms with Gasteiger partial charge < -0.3 is 5.11 Å². The van der Waals surface area contributed by atoms with Gasteiger partial charge in [0.05, 0.1) is 0 Å². The van der Waals surface area contributed by atoms with Gasteiger partial charge in [-0.15, -0.1) is 0 Å². The van der Waals surface area contributed by atoms with Gasteiger partial charge in [0.15, 0.2) is 0 Å². The fraction of sp³-hybridized carbons (Fsp3) is 0.111. The summed E-state index contributed by atoms with van der Waals surface area (Å²) in [7, 11) is 0. The Labute approximate surface area is 127 Å². The second-order valence-electron chi connectivity index (χ2n) is 5.11. The van der Waals surface area contributed by atoms with Gasteiger partial charge in [0.1, 0.15) is 11.9 Å². The van der Waals surface area contributed by atoms with E-state index in [1.54, 1.807) is 24.3 Å². The third-order valence-electron chi connectivity index (χ3n) is 3.65. The molecule has 3 rings (SSSR count). The smallest absolute Gasteiger partial charge is 0.129 e. The van der Waals surface area contributed by atoms with Gasteiger partial charge in [0, 0.05) is 16.0 Å². The monoisotopic (exact) mass is 300 g/mol. The summed E-state index contributed by atoms with van der Waals surface area (Å²) in [6.45, 7) is 1.87. The number of benzene rings is 3. The van der Waals surface area contributed by atoms with Crippen molar-refractivity contribution in [1.29, 1.82) is 0 Å². The summed E-state index contributed by atoms with van der Waals surface area (Å²) in [6, 6.07) is 15.8. The number of hydrogen-bond donors (Lipinski definition) is 1. The molecule has 1 atom stereocenters. The number of aryl methyl sites for hydroxylation is 1. The van der Waals surface area contributed by atoms with E-state index in [-0.39, 0.29) is 5.56 Å². The fourth-order valence-corrected chi connectivity index (χ4v) is 2.79. The maximum Gasteiger partial charge on any atom is 0.129 e. The predicted octanol–water partition coefficient (Wildman–Crippen LogP) is 5.02. The van der Waals surface area contributed by atoms with Crippen molar-refractivity contribution in [3.8, 4) is 0 Å². The average Bonchev–Trinajstić information content (AvgIpc) is 2.50. The molecule has 0 saturated heterocycles. The van der Waals surface area contributed by atoms with Crippen LogP contribution in [0.1, 0.15) is 22.8 Å². The number of hydrogen-bond acceptors (Lipinski definition) is 1. The SMILES string of the molecule is Cc1ccc(F)c(C(O)c2ccc(Cl)c3ccccc23)c1. The molecule has 3 heteroatoms. The molecule has 0 aliphatic rings. The Morgan fingerprint density at radius 3 is 2.43 bits per heavy atom. The zero-order chi connectivity index (χ0) is 15.0. The maximum absolute atomic E-state index is 14.0. The summed E-state index contributed by atoms with van der Waals surface area (Å²) in [6.07, 6.45) is -1.02. The lowest BCUT2D eigenvalue weighted by atomic mass is 9.95. The highest BCUT2D eigenvalue weighted by atomic mass is 35.5. The first-order chi connectivity index (χ1) is 10.1. The Morgan fingerprint density at radius 2 is 1.67 bits per heavy atom. The Balaban J connectivity index is 2.20. The largest absolute Gasteiger partial charge is 0.384 e. The maximum atomic E-state index is 14.0. The summed E-state index contributed by atoms with van der Waals surface area (Å²) >= 11 is 6.18. The third-order valence-corrected chi connectivity index (χ3v) is 3.97. The van der Waals surface area contributed by atoms with Crippen LogP contribution in [-0.4, -0.2) is 5.11 Å². The summed E-state index contributed by atoms with van der Waals surface area (Å²) in [5.41, 5.74) is 1.84. The molecule has 0 saturated carbocycles. The summed E-state index contributed by atoms with van der Waals surface area (Å²) in [5, 5.41) is 12.9. The Bertz CT molecular complexity index is 813. The molecule has 0 aromatic heterocycles. The lowest BCUT2D eigenvalue weighted by molar-refractivity contribution is 0.216. The van der Waals surface area contributed by atoms with E-state index in [0.29, 0.717) is 10.6 Å². The number of aliphatic hydroxyl groups is 1. The van der Waals surface area contributed by atoms with Crippen LogP contribution >= 0.6 is 11.6 Å². The van der Waals surface area contributed by atoms with Crippen LogP contribution in [-0.2, 0) is 0 Å². The quantitative estimate of drug-likeness (QED) is 0.704. The van der Waals surface area contributed by atoms with E-state index in [1.807, 2.05) is 31.2 Å². The first-order valence-corrected chi connectivity index (χ1v) is 7.07. The van der Waals surface area contributed by atoms with Crippen LogP contribution in [0, 0.1) is 12.7 Å². The lowest BCUT2D eigenvalue weighted by Crippen LogP contribution is -2.04. The number of halogens is 2. The van der Waals surface area contributed by atoms with Crippen molar-refractivity contribution in [2.45, 2.75) is 13.0 Å². The molecule has 1 nitrogen and oxygen atoms in total. The van der Waals surface area contributed by atoms with E-state index < -0.39 is 11.9 Å². The zero-order valence-electron chi connectivity index (χ0n) is 11.5. The molecule has 0 amide bonds. The van der Waals surface area contributed by atoms with Crippen molar-refractivity contribution in [3.63, 3.8) is 0 Å². The molecule has 0 bridgehead atoms. The predicted molar refractivity (Wildman–Crippen MR) is 84.2 cm³/mol. The van der Waals surface area contributed by atoms with Crippen LogP contribution in [0.5, 0.6) is 0 Å². The average molecular weight is 301 g/mol. The molecule has 21 heavy (non-hydrogen) atoms. The molecule has 1 unspecified atom stereocenters. The van der Waals surface area contributed by atoms with Crippen LogP contribution < -0.4 is 0 Å². The van der Waals surface area contributed by atoms with Crippen LogP contribution in [0.3, 0.4) is 0 Å². The molecule has 3 aromatic carbocycles. The fourth-order valence-electron chi connectivity index (χ4n) is 2.56. The van der Waals surface area contributed by atoms with E-state index >= 15 is 0 Å². The van der Waals surface area contributed by atoms with Crippen molar-refractivity contribution in [2.24, 2.45) is 0 Å². The van der Waals surface area contributed by atoms with Gasteiger partial charge in [0.2, 0.25) is 0 Å². The molecule has 0 fully saturated rings. The third kappa shape index (κ3) is 2.53. The highest BCUT2D eigenvalue weighted by molar-refractivity contribution is 6.35. The Kier molecular flexibility index (Phi) is 3.66. The minimum atomic E-state index is -1.02. The van der Waals surface area contributed by atoms with Crippen LogP contribution in [0.15, 0.2) is 54.6 Å². The molecule has 3 aromatic rings. The number of fused-ring (bicyclic) bond motifs is 1. The second-order valence-corrected chi connectivity index (χ2v) is 5.52. The molecule has 0 aliphatic carbocycles. The summed E-state index contributed by atoms with van der Waals surface area (Å²) in [4.78, 5) is 0. The molecule has 106 valence electrons. The van der Waals surface area contributed by atoms with Crippen molar-refractivity contribution in [2.75, 3.05) is 0 Å². The standard InChI is InChI=1S/C18H14ClFO/c1-11-6-9-17(20)15(10-11)18(21)14-7-8-16(19)13-5-3-2-4-12(13)14/h2-10,18,21H,1H3. The van der Waals surface area contributed by atoms with Gasteiger partial charge in [-0.1, -0.05) is 59.6 Å². The molecule has 1 N–H and O–H groups in total. The van der Waals surface area contributed by atoms with Gasteiger partial charge in [-0.25, -0.2) is 4.39 Å². The van der Waals surface area contributed by atoms with E-state index in [0.717, 1.165) is 16.3 Å². The topological polar surface area (TPSA) is 20.2 Å². The van der Waals surface area contributed by atoms with Crippen LogP contribution in [0.4, 0.5) is 4.39 Å². The van der Waals surface area contributed by atoms with E-state index in [4.69, 9.17) is 11.6 Å². The molecule has 0 radical (unpaired) electrons. The normalized spacial score (nSPS) is 12.6. The van der Waals surface area contributed by atoms with Gasteiger partial charge >= 0.3 is 0 Å². The van der Waals surface area contributed by atoms with Gasteiger partial charge in [-0.3, -0.25) is 0 Å². The Hall–Kier alpha value is -1.90. The highest BCUT2D eigenvalue weighted by Crippen LogP contribution is 2.33. The zero-order valence-corrected chi connectivity index (χ0v) is 12.2. The first-order valence-electron chi connectivity index (χ1n) is 6.69. The van der Waals surface area contributed by atoms with Gasteiger partial charge in [-0.05, 0) is 30.0 Å². The van der Waals surface area contributed by atoms with Crippen LogP contribution in [0.25, 0.3) is 10.8 Å². The molecular weight excluding hydrogens is 287 g/mol. The molecular formula is C18H14ClFO. The van der Waals surface area contributed by atoms with Crippen molar-refractivity contribution in [3.05, 3.63) is 82.1 Å². The van der Waals surface area contributed by atoms with Gasteiger partial charge in [-0.2, -0.15) is 0 Å².